The zero-order chi connectivity index (χ0) is 22.8. The minimum atomic E-state index is -0.575. The predicted octanol–water partition coefficient (Wildman–Crippen LogP) is 1.71. The third-order valence-corrected chi connectivity index (χ3v) is 4.83. The number of nitrogens with zero attached hydrogens (tertiary/aromatic N) is 6. The minimum Gasteiger partial charge on any atom is -0.382 e. The van der Waals surface area contributed by atoms with Gasteiger partial charge in [-0.05, 0) is 18.6 Å². The second kappa shape index (κ2) is 8.27. The largest absolute Gasteiger partial charge is 0.382 e. The average molecular weight is 431 g/mol. The molecule has 0 saturated carbocycles. The molecule has 0 saturated heterocycles. The lowest BCUT2D eigenvalue weighted by Gasteiger charge is -2.15. The summed E-state index contributed by atoms with van der Waals surface area (Å²) in [6.07, 6.45) is 2.69. The SMILES string of the molecule is Cc1cccc2nc(CCNc3nc(N)nc(N)c3C#N)n(-c3cncc(F)c3)c(=O)c12. The van der Waals surface area contributed by atoms with Gasteiger partial charge in [-0.2, -0.15) is 15.2 Å². The molecule has 1 aromatic carbocycles. The summed E-state index contributed by atoms with van der Waals surface area (Å²) >= 11 is 0. The summed E-state index contributed by atoms with van der Waals surface area (Å²) in [5.41, 5.74) is 12.6. The summed E-state index contributed by atoms with van der Waals surface area (Å²) in [5, 5.41) is 12.7. The number of rotatable bonds is 5. The Morgan fingerprint density at radius 3 is 2.78 bits per heavy atom. The van der Waals surface area contributed by atoms with E-state index in [9.17, 15) is 14.4 Å². The fourth-order valence-corrected chi connectivity index (χ4v) is 3.43. The van der Waals surface area contributed by atoms with Crippen molar-refractivity contribution >= 4 is 28.5 Å². The number of anilines is 3. The summed E-state index contributed by atoms with van der Waals surface area (Å²) in [7, 11) is 0. The van der Waals surface area contributed by atoms with Crippen LogP contribution in [-0.4, -0.2) is 31.0 Å². The van der Waals surface area contributed by atoms with Crippen LogP contribution < -0.4 is 22.3 Å². The van der Waals surface area contributed by atoms with E-state index in [4.69, 9.17) is 11.5 Å². The Balaban J connectivity index is 1.77. The fourth-order valence-electron chi connectivity index (χ4n) is 3.43. The molecule has 0 atom stereocenters. The lowest BCUT2D eigenvalue weighted by Crippen LogP contribution is -2.26. The van der Waals surface area contributed by atoms with Gasteiger partial charge in [-0.3, -0.25) is 14.3 Å². The number of pyridine rings is 1. The van der Waals surface area contributed by atoms with Crippen LogP contribution in [0, 0.1) is 24.1 Å². The topological polar surface area (TPSA) is 161 Å². The van der Waals surface area contributed by atoms with Crippen molar-refractivity contribution in [2.45, 2.75) is 13.3 Å². The summed E-state index contributed by atoms with van der Waals surface area (Å²) in [5.74, 6) is -0.137. The van der Waals surface area contributed by atoms with Gasteiger partial charge in [-0.25, -0.2) is 9.37 Å². The van der Waals surface area contributed by atoms with E-state index in [0.29, 0.717) is 16.7 Å². The van der Waals surface area contributed by atoms with Crippen molar-refractivity contribution in [3.63, 3.8) is 0 Å². The number of nitrogens with one attached hydrogen (secondary N) is 1. The monoisotopic (exact) mass is 431 g/mol. The van der Waals surface area contributed by atoms with Crippen LogP contribution in [0.3, 0.4) is 0 Å². The highest BCUT2D eigenvalue weighted by Gasteiger charge is 2.16. The third kappa shape index (κ3) is 3.77. The Morgan fingerprint density at radius 2 is 2.03 bits per heavy atom. The summed E-state index contributed by atoms with van der Waals surface area (Å²) in [6, 6.07) is 8.52. The molecule has 0 bridgehead atoms. The van der Waals surface area contributed by atoms with E-state index in [-0.39, 0.29) is 47.4 Å². The number of nitrogens with two attached hydrogens (primary N) is 2. The van der Waals surface area contributed by atoms with Gasteiger partial charge in [0.25, 0.3) is 5.56 Å². The quantitative estimate of drug-likeness (QED) is 0.427. The molecular weight excluding hydrogens is 413 g/mol. The van der Waals surface area contributed by atoms with Gasteiger partial charge in [-0.1, -0.05) is 12.1 Å². The molecule has 3 aromatic heterocycles. The van der Waals surface area contributed by atoms with E-state index >= 15 is 0 Å². The Labute approximate surface area is 181 Å². The highest BCUT2D eigenvalue weighted by Crippen LogP contribution is 2.19. The first-order chi connectivity index (χ1) is 15.4. The molecule has 0 spiro atoms. The number of nitrogen functional groups attached to an aromatic ring is 2. The van der Waals surface area contributed by atoms with Crippen LogP contribution in [0.25, 0.3) is 16.6 Å². The van der Waals surface area contributed by atoms with Crippen molar-refractivity contribution in [3.05, 3.63) is 69.8 Å². The van der Waals surface area contributed by atoms with E-state index in [0.717, 1.165) is 11.8 Å². The van der Waals surface area contributed by atoms with E-state index in [2.05, 4.69) is 25.3 Å². The van der Waals surface area contributed by atoms with Gasteiger partial charge in [0.2, 0.25) is 5.95 Å². The number of nitriles is 1. The summed E-state index contributed by atoms with van der Waals surface area (Å²) < 4.78 is 15.2. The van der Waals surface area contributed by atoms with Gasteiger partial charge in [0.1, 0.15) is 29.1 Å². The number of halogens is 1. The summed E-state index contributed by atoms with van der Waals surface area (Å²) in [6.45, 7) is 2.05. The molecule has 4 rings (SSSR count). The van der Waals surface area contributed by atoms with Gasteiger partial charge >= 0.3 is 0 Å². The van der Waals surface area contributed by atoms with Crippen molar-refractivity contribution < 1.29 is 4.39 Å². The van der Waals surface area contributed by atoms with Crippen molar-refractivity contribution in [3.8, 4) is 11.8 Å². The highest BCUT2D eigenvalue weighted by molar-refractivity contribution is 5.81. The van der Waals surface area contributed by atoms with Gasteiger partial charge in [-0.15, -0.1) is 0 Å². The van der Waals surface area contributed by atoms with Gasteiger partial charge < -0.3 is 16.8 Å². The molecule has 0 aliphatic heterocycles. The normalized spacial score (nSPS) is 10.8. The van der Waals surface area contributed by atoms with Crippen LogP contribution in [0.4, 0.5) is 22.0 Å². The van der Waals surface area contributed by atoms with Gasteiger partial charge in [0.15, 0.2) is 5.82 Å². The van der Waals surface area contributed by atoms with Gasteiger partial charge in [0, 0.05) is 19.0 Å². The van der Waals surface area contributed by atoms with Crippen LogP contribution in [0.15, 0.2) is 41.5 Å². The summed E-state index contributed by atoms with van der Waals surface area (Å²) in [4.78, 5) is 29.6. The predicted molar refractivity (Wildman–Crippen MR) is 118 cm³/mol. The van der Waals surface area contributed by atoms with Crippen molar-refractivity contribution in [1.82, 2.24) is 24.5 Å². The number of hydrogen-bond donors (Lipinski definition) is 3. The molecule has 0 aliphatic rings. The van der Waals surface area contributed by atoms with Crippen molar-refractivity contribution in [1.29, 1.82) is 5.26 Å². The number of hydrogen-bond acceptors (Lipinski definition) is 9. The van der Waals surface area contributed by atoms with E-state index < -0.39 is 5.82 Å². The standard InChI is InChI=1S/C21H18FN9O/c1-11-3-2-4-15-17(11)20(32)31(13-7-12(22)9-26-10-13)16(28-15)5-6-27-19-14(8-23)18(24)29-21(25)30-19/h2-4,7,9-10H,5-6H2,1H3,(H5,24,25,27,29,30). The van der Waals surface area contributed by atoms with E-state index in [1.165, 1.54) is 16.8 Å². The second-order valence-corrected chi connectivity index (χ2v) is 6.98. The first-order valence-electron chi connectivity index (χ1n) is 9.58. The Bertz CT molecular complexity index is 1440. The van der Waals surface area contributed by atoms with Crippen LogP contribution in [0.2, 0.25) is 0 Å². The molecule has 0 amide bonds. The Hall–Kier alpha value is -4.59. The van der Waals surface area contributed by atoms with Crippen molar-refractivity contribution in [2.75, 3.05) is 23.3 Å². The number of benzene rings is 1. The first-order valence-corrected chi connectivity index (χ1v) is 9.58. The fraction of sp³-hybridized carbons (Fsp3) is 0.143. The Morgan fingerprint density at radius 1 is 1.22 bits per heavy atom. The van der Waals surface area contributed by atoms with Gasteiger partial charge in [0.05, 0.1) is 29.0 Å². The molecular formula is C21H18FN9O. The third-order valence-electron chi connectivity index (χ3n) is 4.83. The zero-order valence-electron chi connectivity index (χ0n) is 17.0. The second-order valence-electron chi connectivity index (χ2n) is 6.98. The zero-order valence-corrected chi connectivity index (χ0v) is 17.0. The van der Waals surface area contributed by atoms with Crippen LogP contribution in [0.5, 0.6) is 0 Å². The molecule has 0 radical (unpaired) electrons. The lowest BCUT2D eigenvalue weighted by atomic mass is 10.1. The average Bonchev–Trinajstić information content (AvgIpc) is 2.73. The molecule has 3 heterocycles. The molecule has 10 nitrogen and oxygen atoms in total. The highest BCUT2D eigenvalue weighted by atomic mass is 19.1. The molecule has 5 N–H and O–H groups in total. The molecule has 0 unspecified atom stereocenters. The maximum Gasteiger partial charge on any atom is 0.266 e. The van der Waals surface area contributed by atoms with E-state index in [1.54, 1.807) is 6.07 Å². The molecule has 0 aliphatic carbocycles. The van der Waals surface area contributed by atoms with Crippen LogP contribution in [0.1, 0.15) is 17.0 Å². The molecule has 0 fully saturated rings. The molecule has 11 heteroatoms. The maximum atomic E-state index is 13.9. The van der Waals surface area contributed by atoms with Crippen LogP contribution >= 0.6 is 0 Å². The molecule has 160 valence electrons. The maximum absolute atomic E-state index is 13.9. The molecule has 32 heavy (non-hydrogen) atoms. The number of fused-ring (bicyclic) bond motifs is 1. The van der Waals surface area contributed by atoms with E-state index in [1.807, 2.05) is 25.1 Å². The minimum absolute atomic E-state index is 0.0375. The Kier molecular flexibility index (Phi) is 5.34. The smallest absolute Gasteiger partial charge is 0.266 e. The lowest BCUT2D eigenvalue weighted by molar-refractivity contribution is 0.618. The van der Waals surface area contributed by atoms with Crippen LogP contribution in [-0.2, 0) is 6.42 Å². The molecule has 4 aromatic rings. The van der Waals surface area contributed by atoms with Crippen molar-refractivity contribution in [2.24, 2.45) is 0 Å². The number of aromatic nitrogens is 5. The first kappa shape index (κ1) is 20.7. The number of aryl methyl sites for hydroxylation is 1.